The third-order valence-electron chi connectivity index (χ3n) is 2.80. The smallest absolute Gasteiger partial charge is 0.159 e. The summed E-state index contributed by atoms with van der Waals surface area (Å²) in [6.07, 6.45) is 0.266. The highest BCUT2D eigenvalue weighted by atomic mass is 79.9. The van der Waals surface area contributed by atoms with E-state index in [0.29, 0.717) is 5.75 Å². The number of thiophene rings is 1. The van der Waals surface area contributed by atoms with E-state index in [0.717, 1.165) is 14.9 Å². The summed E-state index contributed by atoms with van der Waals surface area (Å²) in [7, 11) is 1.59. The first-order valence-electron chi connectivity index (χ1n) is 5.76. The minimum atomic E-state index is -0.566. The molecular formula is C14H14BrNO2S. The van der Waals surface area contributed by atoms with Gasteiger partial charge in [-0.3, -0.25) is 4.79 Å². The maximum atomic E-state index is 12.2. The normalized spacial score (nSPS) is 12.2. The largest absolute Gasteiger partial charge is 0.496 e. The monoisotopic (exact) mass is 339 g/mol. The van der Waals surface area contributed by atoms with Crippen molar-refractivity contribution in [3.63, 3.8) is 0 Å². The van der Waals surface area contributed by atoms with Crippen LogP contribution in [0.15, 0.2) is 40.2 Å². The quantitative estimate of drug-likeness (QED) is 0.908. The van der Waals surface area contributed by atoms with Gasteiger partial charge in [-0.05, 0) is 29.6 Å². The first-order chi connectivity index (χ1) is 9.11. The van der Waals surface area contributed by atoms with Gasteiger partial charge in [0.1, 0.15) is 5.75 Å². The van der Waals surface area contributed by atoms with Crippen molar-refractivity contribution in [2.24, 2.45) is 5.73 Å². The Kier molecular flexibility index (Phi) is 4.74. The molecule has 0 bridgehead atoms. The molecule has 5 heteroatoms. The number of nitrogens with two attached hydrogens (primary N) is 1. The Morgan fingerprint density at radius 3 is 2.89 bits per heavy atom. The fourth-order valence-electron chi connectivity index (χ4n) is 1.81. The minimum absolute atomic E-state index is 0.0150. The van der Waals surface area contributed by atoms with Gasteiger partial charge < -0.3 is 10.5 Å². The third kappa shape index (κ3) is 3.43. The van der Waals surface area contributed by atoms with Crippen LogP contribution in [0, 0.1) is 0 Å². The molecule has 100 valence electrons. The number of ether oxygens (including phenoxy) is 1. The van der Waals surface area contributed by atoms with Crippen LogP contribution in [-0.2, 0) is 11.2 Å². The van der Waals surface area contributed by atoms with Crippen molar-refractivity contribution in [3.05, 3.63) is 50.6 Å². The Morgan fingerprint density at radius 1 is 1.47 bits per heavy atom. The zero-order valence-corrected chi connectivity index (χ0v) is 12.8. The summed E-state index contributed by atoms with van der Waals surface area (Å²) in [6, 6.07) is 8.81. The van der Waals surface area contributed by atoms with Crippen molar-refractivity contribution >= 4 is 33.0 Å². The van der Waals surface area contributed by atoms with Crippen LogP contribution in [0.1, 0.15) is 16.5 Å². The SMILES string of the molecule is COc1ccc(Br)cc1CC(=O)C(N)c1cccs1. The molecule has 2 aromatic rings. The van der Waals surface area contributed by atoms with E-state index in [2.05, 4.69) is 15.9 Å². The molecule has 0 amide bonds. The molecule has 1 heterocycles. The van der Waals surface area contributed by atoms with Crippen molar-refractivity contribution in [3.8, 4) is 5.75 Å². The summed E-state index contributed by atoms with van der Waals surface area (Å²) in [6.45, 7) is 0. The molecule has 0 saturated heterocycles. The highest BCUT2D eigenvalue weighted by Crippen LogP contribution is 2.26. The molecule has 0 saturated carbocycles. The fraction of sp³-hybridized carbons (Fsp3) is 0.214. The van der Waals surface area contributed by atoms with Gasteiger partial charge in [-0.1, -0.05) is 22.0 Å². The second-order valence-corrected chi connectivity index (χ2v) is 5.99. The maximum Gasteiger partial charge on any atom is 0.159 e. The lowest BCUT2D eigenvalue weighted by Gasteiger charge is -2.11. The summed E-state index contributed by atoms with van der Waals surface area (Å²) in [5.41, 5.74) is 6.81. The Labute approximate surface area is 124 Å². The molecule has 0 radical (unpaired) electrons. The molecule has 2 rings (SSSR count). The lowest BCUT2D eigenvalue weighted by Crippen LogP contribution is -2.22. The number of halogens is 1. The molecule has 0 spiro atoms. The Morgan fingerprint density at radius 2 is 2.26 bits per heavy atom. The molecule has 3 nitrogen and oxygen atoms in total. The Bertz CT molecular complexity index is 569. The number of carbonyl (C=O) groups is 1. The van der Waals surface area contributed by atoms with Crippen molar-refractivity contribution in [2.45, 2.75) is 12.5 Å². The maximum absolute atomic E-state index is 12.2. The highest BCUT2D eigenvalue weighted by Gasteiger charge is 2.18. The Balaban J connectivity index is 2.17. The molecule has 1 aromatic heterocycles. The summed E-state index contributed by atoms with van der Waals surface area (Å²) in [4.78, 5) is 13.1. The van der Waals surface area contributed by atoms with E-state index >= 15 is 0 Å². The van der Waals surface area contributed by atoms with Crippen LogP contribution in [0.4, 0.5) is 0 Å². The predicted octanol–water partition coefficient (Wildman–Crippen LogP) is 3.33. The third-order valence-corrected chi connectivity index (χ3v) is 4.25. The van der Waals surface area contributed by atoms with E-state index in [4.69, 9.17) is 10.5 Å². The molecule has 2 N–H and O–H groups in total. The van der Waals surface area contributed by atoms with E-state index in [9.17, 15) is 4.79 Å². The second kappa shape index (κ2) is 6.32. The van der Waals surface area contributed by atoms with Crippen molar-refractivity contribution in [1.29, 1.82) is 0 Å². The average molecular weight is 340 g/mol. The fourth-order valence-corrected chi connectivity index (χ4v) is 2.97. The van der Waals surface area contributed by atoms with Crippen LogP contribution >= 0.6 is 27.3 Å². The van der Waals surface area contributed by atoms with Gasteiger partial charge in [0.05, 0.1) is 13.2 Å². The highest BCUT2D eigenvalue weighted by molar-refractivity contribution is 9.10. The number of carbonyl (C=O) groups excluding carboxylic acids is 1. The lowest BCUT2D eigenvalue weighted by atomic mass is 10.0. The van der Waals surface area contributed by atoms with Crippen molar-refractivity contribution in [1.82, 2.24) is 0 Å². The van der Waals surface area contributed by atoms with Gasteiger partial charge in [0.25, 0.3) is 0 Å². The number of benzene rings is 1. The van der Waals surface area contributed by atoms with Gasteiger partial charge in [0.15, 0.2) is 5.78 Å². The summed E-state index contributed by atoms with van der Waals surface area (Å²) >= 11 is 4.89. The summed E-state index contributed by atoms with van der Waals surface area (Å²) in [5, 5.41) is 1.92. The second-order valence-electron chi connectivity index (χ2n) is 4.09. The van der Waals surface area contributed by atoms with Gasteiger partial charge in [-0.2, -0.15) is 0 Å². The van der Waals surface area contributed by atoms with E-state index in [1.165, 1.54) is 11.3 Å². The van der Waals surface area contributed by atoms with E-state index in [1.54, 1.807) is 7.11 Å². The van der Waals surface area contributed by atoms with Crippen LogP contribution in [-0.4, -0.2) is 12.9 Å². The minimum Gasteiger partial charge on any atom is -0.496 e. The van der Waals surface area contributed by atoms with E-state index in [-0.39, 0.29) is 12.2 Å². The van der Waals surface area contributed by atoms with Crippen molar-refractivity contribution < 1.29 is 9.53 Å². The first kappa shape index (κ1) is 14.2. The van der Waals surface area contributed by atoms with Crippen LogP contribution in [0.2, 0.25) is 0 Å². The van der Waals surface area contributed by atoms with Gasteiger partial charge in [-0.15, -0.1) is 11.3 Å². The van der Waals surface area contributed by atoms with Crippen LogP contribution in [0.3, 0.4) is 0 Å². The number of ketones is 1. The summed E-state index contributed by atoms with van der Waals surface area (Å²) < 4.78 is 6.18. The topological polar surface area (TPSA) is 52.3 Å². The van der Waals surface area contributed by atoms with E-state index in [1.807, 2.05) is 35.7 Å². The van der Waals surface area contributed by atoms with Gasteiger partial charge in [0, 0.05) is 21.3 Å². The lowest BCUT2D eigenvalue weighted by molar-refractivity contribution is -0.119. The molecule has 0 aliphatic carbocycles. The van der Waals surface area contributed by atoms with Crippen molar-refractivity contribution in [2.75, 3.05) is 7.11 Å². The number of hydrogen-bond donors (Lipinski definition) is 1. The summed E-state index contributed by atoms with van der Waals surface area (Å²) in [5.74, 6) is 0.689. The van der Waals surface area contributed by atoms with Crippen LogP contribution < -0.4 is 10.5 Å². The first-order valence-corrected chi connectivity index (χ1v) is 7.43. The number of Topliss-reactive ketones (excluding diaryl/α,β-unsaturated/α-hetero) is 1. The molecular weight excluding hydrogens is 326 g/mol. The molecule has 1 unspecified atom stereocenters. The Hall–Kier alpha value is -1.17. The molecule has 0 aliphatic rings. The number of hydrogen-bond acceptors (Lipinski definition) is 4. The number of methoxy groups -OCH3 is 1. The van der Waals surface area contributed by atoms with Crippen LogP contribution in [0.5, 0.6) is 5.75 Å². The molecule has 19 heavy (non-hydrogen) atoms. The van der Waals surface area contributed by atoms with Gasteiger partial charge in [-0.25, -0.2) is 0 Å². The van der Waals surface area contributed by atoms with Gasteiger partial charge >= 0.3 is 0 Å². The van der Waals surface area contributed by atoms with Crippen LogP contribution in [0.25, 0.3) is 0 Å². The zero-order chi connectivity index (χ0) is 13.8. The zero-order valence-electron chi connectivity index (χ0n) is 10.4. The average Bonchev–Trinajstić information content (AvgIpc) is 2.92. The predicted molar refractivity (Wildman–Crippen MR) is 80.7 cm³/mol. The molecule has 0 aliphatic heterocycles. The number of rotatable bonds is 5. The molecule has 0 fully saturated rings. The standard InChI is InChI=1S/C14H14BrNO2S/c1-18-12-5-4-10(15)7-9(12)8-11(17)14(16)13-3-2-6-19-13/h2-7,14H,8,16H2,1H3. The van der Waals surface area contributed by atoms with E-state index < -0.39 is 6.04 Å². The molecule has 1 atom stereocenters. The van der Waals surface area contributed by atoms with Gasteiger partial charge in [0.2, 0.25) is 0 Å². The molecule has 1 aromatic carbocycles.